The number of aromatic nitrogens is 2. The van der Waals surface area contributed by atoms with Crippen molar-refractivity contribution in [2.24, 2.45) is 12.5 Å². The average Bonchev–Trinajstić information content (AvgIpc) is 2.62. The Hall–Kier alpha value is -1.08. The molecule has 0 aromatic carbocycles. The first-order valence-corrected chi connectivity index (χ1v) is 8.77. The number of nitrogens with two attached hydrogens (primary N) is 1. The Balaban J connectivity index is 2.28. The summed E-state index contributed by atoms with van der Waals surface area (Å²) in [5.41, 5.74) is 6.69. The van der Waals surface area contributed by atoms with Gasteiger partial charge in [-0.25, -0.2) is 8.42 Å². The van der Waals surface area contributed by atoms with E-state index in [-0.39, 0.29) is 16.8 Å². The van der Waals surface area contributed by atoms with E-state index in [0.717, 1.165) is 25.7 Å². The third-order valence-electron chi connectivity index (χ3n) is 4.76. The number of hydrogen-bond donors (Lipinski definition) is 1. The van der Waals surface area contributed by atoms with Crippen LogP contribution in [0.1, 0.15) is 45.2 Å². The molecule has 0 aliphatic heterocycles. The molecule has 1 aliphatic carbocycles. The van der Waals surface area contributed by atoms with Crippen LogP contribution in [-0.2, 0) is 17.1 Å². The first kappa shape index (κ1) is 16.3. The summed E-state index contributed by atoms with van der Waals surface area (Å²) in [6.45, 7) is 6.20. The largest absolute Gasteiger partial charge is 0.381 e. The van der Waals surface area contributed by atoms with Gasteiger partial charge in [-0.2, -0.15) is 9.40 Å². The summed E-state index contributed by atoms with van der Waals surface area (Å²) >= 11 is 0. The van der Waals surface area contributed by atoms with Gasteiger partial charge in [0, 0.05) is 20.1 Å². The summed E-state index contributed by atoms with van der Waals surface area (Å²) < 4.78 is 28.7. The molecule has 1 heterocycles. The van der Waals surface area contributed by atoms with Crippen molar-refractivity contribution < 1.29 is 8.42 Å². The van der Waals surface area contributed by atoms with Gasteiger partial charge in [-0.15, -0.1) is 0 Å². The van der Waals surface area contributed by atoms with Gasteiger partial charge in [-0.1, -0.05) is 13.8 Å². The molecule has 7 heteroatoms. The molecule has 1 aromatic heterocycles. The molecule has 0 radical (unpaired) electrons. The van der Waals surface area contributed by atoms with Gasteiger partial charge in [-0.3, -0.25) is 4.68 Å². The Kier molecular flexibility index (Phi) is 4.10. The fraction of sp³-hybridized carbons (Fsp3) is 0.786. The molecular weight excluding hydrogens is 288 g/mol. The van der Waals surface area contributed by atoms with E-state index in [0.29, 0.717) is 11.1 Å². The highest BCUT2D eigenvalue weighted by molar-refractivity contribution is 7.89. The van der Waals surface area contributed by atoms with Crippen molar-refractivity contribution in [3.05, 3.63) is 5.69 Å². The SMILES string of the molecule is Cc1c(S(=O)(=O)N(C)C2CCC(C)(C)CC2)c(N)nn1C. The summed E-state index contributed by atoms with van der Waals surface area (Å²) in [6.07, 6.45) is 3.86. The van der Waals surface area contributed by atoms with E-state index in [2.05, 4.69) is 18.9 Å². The van der Waals surface area contributed by atoms with Crippen molar-refractivity contribution in [3.8, 4) is 0 Å². The fourth-order valence-corrected chi connectivity index (χ4v) is 4.72. The average molecular weight is 314 g/mol. The number of anilines is 1. The van der Waals surface area contributed by atoms with Gasteiger partial charge in [0.1, 0.15) is 4.90 Å². The second kappa shape index (κ2) is 5.28. The number of sulfonamides is 1. The molecule has 0 amide bonds. The van der Waals surface area contributed by atoms with Crippen molar-refractivity contribution >= 4 is 15.8 Å². The lowest BCUT2D eigenvalue weighted by Crippen LogP contribution is -2.41. The maximum absolute atomic E-state index is 12.8. The first-order chi connectivity index (χ1) is 9.56. The van der Waals surface area contributed by atoms with Crippen LogP contribution in [0.4, 0.5) is 5.82 Å². The maximum atomic E-state index is 12.8. The predicted molar refractivity (Wildman–Crippen MR) is 83.3 cm³/mol. The zero-order valence-electron chi connectivity index (χ0n) is 13.5. The Morgan fingerprint density at radius 2 is 1.86 bits per heavy atom. The lowest BCUT2D eigenvalue weighted by molar-refractivity contribution is 0.174. The molecule has 1 fully saturated rings. The van der Waals surface area contributed by atoms with Crippen molar-refractivity contribution in [2.45, 2.75) is 57.4 Å². The molecule has 0 unspecified atom stereocenters. The van der Waals surface area contributed by atoms with Gasteiger partial charge in [-0.05, 0) is 38.0 Å². The van der Waals surface area contributed by atoms with Gasteiger partial charge in [0.15, 0.2) is 5.82 Å². The minimum absolute atomic E-state index is 0.0435. The van der Waals surface area contributed by atoms with E-state index in [4.69, 9.17) is 5.73 Å². The van der Waals surface area contributed by atoms with E-state index in [1.807, 2.05) is 0 Å². The Bertz CT molecular complexity index is 624. The second-order valence-corrected chi connectivity index (χ2v) is 8.77. The van der Waals surface area contributed by atoms with Gasteiger partial charge >= 0.3 is 0 Å². The van der Waals surface area contributed by atoms with Crippen LogP contribution >= 0.6 is 0 Å². The van der Waals surface area contributed by atoms with Crippen LogP contribution in [-0.4, -0.2) is 35.6 Å². The third kappa shape index (κ3) is 2.94. The molecule has 2 N–H and O–H groups in total. The molecule has 21 heavy (non-hydrogen) atoms. The van der Waals surface area contributed by atoms with Crippen LogP contribution in [0.5, 0.6) is 0 Å². The molecule has 1 saturated carbocycles. The van der Waals surface area contributed by atoms with E-state index >= 15 is 0 Å². The summed E-state index contributed by atoms with van der Waals surface area (Å²) in [6, 6.07) is 0.0435. The van der Waals surface area contributed by atoms with Crippen LogP contribution in [0.2, 0.25) is 0 Å². The van der Waals surface area contributed by atoms with Crippen LogP contribution in [0.3, 0.4) is 0 Å². The van der Waals surface area contributed by atoms with Crippen LogP contribution < -0.4 is 5.73 Å². The zero-order valence-corrected chi connectivity index (χ0v) is 14.4. The lowest BCUT2D eigenvalue weighted by Gasteiger charge is -2.38. The molecule has 1 aromatic rings. The molecule has 2 rings (SSSR count). The Labute approximate surface area is 127 Å². The minimum Gasteiger partial charge on any atom is -0.381 e. The van der Waals surface area contributed by atoms with Crippen molar-refractivity contribution in [1.29, 1.82) is 0 Å². The summed E-state index contributed by atoms with van der Waals surface area (Å²) in [4.78, 5) is 0.150. The standard InChI is InChI=1S/C14H26N4O2S/c1-10-12(13(15)16-17(10)4)21(19,20)18(5)11-6-8-14(2,3)9-7-11/h11H,6-9H2,1-5H3,(H2,15,16). The molecule has 0 saturated heterocycles. The van der Waals surface area contributed by atoms with Gasteiger partial charge in [0.25, 0.3) is 0 Å². The summed E-state index contributed by atoms with van der Waals surface area (Å²) in [5.74, 6) is 0.0815. The van der Waals surface area contributed by atoms with E-state index < -0.39 is 10.0 Å². The number of nitrogens with zero attached hydrogens (tertiary/aromatic N) is 3. The highest BCUT2D eigenvalue weighted by atomic mass is 32.2. The molecule has 0 spiro atoms. The molecule has 1 aliphatic rings. The van der Waals surface area contributed by atoms with Crippen LogP contribution in [0, 0.1) is 12.3 Å². The number of nitrogen functional groups attached to an aromatic ring is 1. The Morgan fingerprint density at radius 3 is 2.29 bits per heavy atom. The number of hydrogen-bond acceptors (Lipinski definition) is 4. The number of aryl methyl sites for hydroxylation is 1. The highest BCUT2D eigenvalue weighted by Crippen LogP contribution is 2.38. The topological polar surface area (TPSA) is 81.2 Å². The molecule has 0 bridgehead atoms. The summed E-state index contributed by atoms with van der Waals surface area (Å²) in [5, 5.41) is 4.02. The van der Waals surface area contributed by atoms with Crippen molar-refractivity contribution in [2.75, 3.05) is 12.8 Å². The zero-order chi connectivity index (χ0) is 16.0. The van der Waals surface area contributed by atoms with E-state index in [1.54, 1.807) is 21.0 Å². The van der Waals surface area contributed by atoms with E-state index in [9.17, 15) is 8.42 Å². The molecule has 6 nitrogen and oxygen atoms in total. The minimum atomic E-state index is -3.59. The Morgan fingerprint density at radius 1 is 1.33 bits per heavy atom. The number of rotatable bonds is 3. The predicted octanol–water partition coefficient (Wildman–Crippen LogP) is 1.90. The third-order valence-corrected chi connectivity index (χ3v) is 6.84. The molecular formula is C14H26N4O2S. The lowest BCUT2D eigenvalue weighted by atomic mass is 9.76. The van der Waals surface area contributed by atoms with Gasteiger partial charge < -0.3 is 5.73 Å². The monoisotopic (exact) mass is 314 g/mol. The first-order valence-electron chi connectivity index (χ1n) is 7.33. The second-order valence-electron chi connectivity index (χ2n) is 6.84. The maximum Gasteiger partial charge on any atom is 0.248 e. The van der Waals surface area contributed by atoms with Crippen molar-refractivity contribution in [3.63, 3.8) is 0 Å². The van der Waals surface area contributed by atoms with Crippen LogP contribution in [0.15, 0.2) is 4.90 Å². The van der Waals surface area contributed by atoms with Gasteiger partial charge in [0.2, 0.25) is 10.0 Å². The van der Waals surface area contributed by atoms with Crippen molar-refractivity contribution in [1.82, 2.24) is 14.1 Å². The summed E-state index contributed by atoms with van der Waals surface area (Å²) in [7, 11) is -0.232. The fourth-order valence-electron chi connectivity index (χ4n) is 3.02. The highest BCUT2D eigenvalue weighted by Gasteiger charge is 2.36. The quantitative estimate of drug-likeness (QED) is 0.924. The smallest absolute Gasteiger partial charge is 0.248 e. The van der Waals surface area contributed by atoms with Gasteiger partial charge in [0.05, 0.1) is 5.69 Å². The van der Waals surface area contributed by atoms with Crippen LogP contribution in [0.25, 0.3) is 0 Å². The molecule has 120 valence electrons. The molecule has 0 atom stereocenters. The van der Waals surface area contributed by atoms with E-state index in [1.165, 1.54) is 8.99 Å². The normalized spacial score (nSPS) is 20.1.